The molecule has 0 aliphatic carbocycles. The number of carbonyl (C=O) groups excluding carboxylic acids is 1. The van der Waals surface area contributed by atoms with Gasteiger partial charge in [-0.05, 0) is 93.4 Å². The molecule has 0 bridgehead atoms. The van der Waals surface area contributed by atoms with Gasteiger partial charge < -0.3 is 10.1 Å². The average molecular weight is 439 g/mol. The zero-order valence-electron chi connectivity index (χ0n) is 18.0. The Hall–Kier alpha value is -3.32. The highest BCUT2D eigenvalue weighted by atomic mass is 32.2. The number of hydrogen-bond acceptors (Lipinski definition) is 4. The number of sulfonamides is 1. The molecule has 0 atom stereocenters. The van der Waals surface area contributed by atoms with E-state index >= 15 is 0 Å². The van der Waals surface area contributed by atoms with Crippen LogP contribution in [-0.4, -0.2) is 20.4 Å². The highest BCUT2D eigenvalue weighted by Crippen LogP contribution is 2.22. The van der Waals surface area contributed by atoms with E-state index in [9.17, 15) is 13.2 Å². The van der Waals surface area contributed by atoms with Crippen LogP contribution >= 0.6 is 0 Å². The van der Waals surface area contributed by atoms with Crippen LogP contribution in [0.3, 0.4) is 0 Å². The molecule has 3 rings (SSSR count). The number of hydrogen-bond donors (Lipinski definition) is 2. The van der Waals surface area contributed by atoms with E-state index in [4.69, 9.17) is 4.74 Å². The standard InChI is InChI=1S/C24H26N2O4S/c1-16(2)30-21-11-7-19(8-12-21)24(27)25-20-9-13-22(14-10-20)31(28,29)26-23-15-17(3)5-6-18(23)4/h5-16,26H,1-4H3,(H,25,27). The van der Waals surface area contributed by atoms with Gasteiger partial charge in [0.15, 0.2) is 0 Å². The third kappa shape index (κ3) is 5.86. The molecule has 0 heterocycles. The van der Waals surface area contributed by atoms with Crippen molar-refractivity contribution in [1.82, 2.24) is 0 Å². The molecule has 0 unspecified atom stereocenters. The maximum Gasteiger partial charge on any atom is 0.261 e. The van der Waals surface area contributed by atoms with E-state index < -0.39 is 10.0 Å². The topological polar surface area (TPSA) is 84.5 Å². The molecule has 0 aliphatic rings. The van der Waals surface area contributed by atoms with Crippen LogP contribution in [0, 0.1) is 13.8 Å². The molecule has 0 radical (unpaired) electrons. The van der Waals surface area contributed by atoms with Crippen molar-refractivity contribution in [2.24, 2.45) is 0 Å². The normalized spacial score (nSPS) is 11.3. The van der Waals surface area contributed by atoms with E-state index in [1.165, 1.54) is 12.1 Å². The van der Waals surface area contributed by atoms with Gasteiger partial charge in [-0.3, -0.25) is 9.52 Å². The molecule has 162 valence electrons. The van der Waals surface area contributed by atoms with Gasteiger partial charge >= 0.3 is 0 Å². The molecule has 0 spiro atoms. The quantitative estimate of drug-likeness (QED) is 0.535. The van der Waals surface area contributed by atoms with Gasteiger partial charge in [-0.15, -0.1) is 0 Å². The van der Waals surface area contributed by atoms with E-state index in [-0.39, 0.29) is 16.9 Å². The highest BCUT2D eigenvalue weighted by molar-refractivity contribution is 7.92. The zero-order chi connectivity index (χ0) is 22.6. The average Bonchev–Trinajstić information content (AvgIpc) is 2.71. The van der Waals surface area contributed by atoms with Crippen molar-refractivity contribution < 1.29 is 17.9 Å². The summed E-state index contributed by atoms with van der Waals surface area (Å²) < 4.78 is 33.6. The van der Waals surface area contributed by atoms with Crippen LogP contribution in [0.5, 0.6) is 5.75 Å². The molecule has 31 heavy (non-hydrogen) atoms. The summed E-state index contributed by atoms with van der Waals surface area (Å²) in [6.07, 6.45) is 0.0544. The van der Waals surface area contributed by atoms with Crippen molar-refractivity contribution in [3.05, 3.63) is 83.4 Å². The number of rotatable bonds is 7. The van der Waals surface area contributed by atoms with Crippen LogP contribution in [0.1, 0.15) is 35.3 Å². The number of benzene rings is 3. The summed E-state index contributed by atoms with van der Waals surface area (Å²) in [6, 6.07) is 18.5. The molecule has 2 N–H and O–H groups in total. The lowest BCUT2D eigenvalue weighted by molar-refractivity contribution is 0.102. The first-order valence-corrected chi connectivity index (χ1v) is 11.4. The van der Waals surface area contributed by atoms with Gasteiger partial charge in [0.05, 0.1) is 16.7 Å². The Kier molecular flexibility index (Phi) is 6.65. The van der Waals surface area contributed by atoms with E-state index in [2.05, 4.69) is 10.0 Å². The lowest BCUT2D eigenvalue weighted by Crippen LogP contribution is -2.15. The number of nitrogens with one attached hydrogen (secondary N) is 2. The summed E-state index contributed by atoms with van der Waals surface area (Å²) in [5, 5.41) is 2.77. The SMILES string of the molecule is Cc1ccc(C)c(NS(=O)(=O)c2ccc(NC(=O)c3ccc(OC(C)C)cc3)cc2)c1. The number of carbonyl (C=O) groups is 1. The predicted molar refractivity (Wildman–Crippen MR) is 123 cm³/mol. The largest absolute Gasteiger partial charge is 0.491 e. The van der Waals surface area contributed by atoms with Crippen LogP contribution in [-0.2, 0) is 10.0 Å². The number of anilines is 2. The van der Waals surface area contributed by atoms with Gasteiger partial charge in [0.2, 0.25) is 0 Å². The molecule has 0 saturated heterocycles. The number of amides is 1. The minimum Gasteiger partial charge on any atom is -0.491 e. The summed E-state index contributed by atoms with van der Waals surface area (Å²) in [5.41, 5.74) is 3.32. The Morgan fingerprint density at radius 1 is 0.903 bits per heavy atom. The first kappa shape index (κ1) is 22.4. The van der Waals surface area contributed by atoms with Crippen LogP contribution in [0.4, 0.5) is 11.4 Å². The molecular formula is C24H26N2O4S. The monoisotopic (exact) mass is 438 g/mol. The smallest absolute Gasteiger partial charge is 0.261 e. The summed E-state index contributed by atoms with van der Waals surface area (Å²) in [4.78, 5) is 12.6. The Balaban J connectivity index is 1.69. The van der Waals surface area contributed by atoms with Crippen LogP contribution in [0.25, 0.3) is 0 Å². The fraction of sp³-hybridized carbons (Fsp3) is 0.208. The second-order valence-corrected chi connectivity index (χ2v) is 9.28. The van der Waals surface area contributed by atoms with Crippen molar-refractivity contribution in [3.63, 3.8) is 0 Å². The fourth-order valence-corrected chi connectivity index (χ4v) is 4.05. The van der Waals surface area contributed by atoms with Gasteiger partial charge in [-0.25, -0.2) is 8.42 Å². The molecule has 7 heteroatoms. The van der Waals surface area contributed by atoms with Crippen molar-refractivity contribution in [2.45, 2.75) is 38.7 Å². The number of aryl methyl sites for hydroxylation is 2. The van der Waals surface area contributed by atoms with Crippen molar-refractivity contribution in [3.8, 4) is 5.75 Å². The van der Waals surface area contributed by atoms with Gasteiger partial charge in [0, 0.05) is 11.3 Å². The van der Waals surface area contributed by atoms with E-state index in [1.54, 1.807) is 42.5 Å². The second-order valence-electron chi connectivity index (χ2n) is 7.59. The Labute approximate surface area is 183 Å². The van der Waals surface area contributed by atoms with Gasteiger partial charge in [0.25, 0.3) is 15.9 Å². The van der Waals surface area contributed by atoms with Crippen molar-refractivity contribution in [1.29, 1.82) is 0 Å². The molecule has 1 amide bonds. The van der Waals surface area contributed by atoms with E-state index in [1.807, 2.05) is 39.8 Å². The third-order valence-corrected chi connectivity index (χ3v) is 5.93. The lowest BCUT2D eigenvalue weighted by Gasteiger charge is -2.12. The molecule has 6 nitrogen and oxygen atoms in total. The lowest BCUT2D eigenvalue weighted by atomic mass is 10.1. The number of ether oxygens (including phenoxy) is 1. The Morgan fingerprint density at radius 3 is 2.16 bits per heavy atom. The predicted octanol–water partition coefficient (Wildman–Crippen LogP) is 5.14. The van der Waals surface area contributed by atoms with Crippen LogP contribution in [0.2, 0.25) is 0 Å². The third-order valence-electron chi connectivity index (χ3n) is 4.55. The van der Waals surface area contributed by atoms with Crippen molar-refractivity contribution in [2.75, 3.05) is 10.0 Å². The molecule has 0 aromatic heterocycles. The minimum absolute atomic E-state index is 0.0544. The van der Waals surface area contributed by atoms with Crippen LogP contribution in [0.15, 0.2) is 71.6 Å². The summed E-state index contributed by atoms with van der Waals surface area (Å²) >= 11 is 0. The highest BCUT2D eigenvalue weighted by Gasteiger charge is 2.16. The maximum absolute atomic E-state index is 12.7. The molecule has 0 fully saturated rings. The van der Waals surface area contributed by atoms with Gasteiger partial charge in [0.1, 0.15) is 5.75 Å². The minimum atomic E-state index is -3.74. The maximum atomic E-state index is 12.7. The summed E-state index contributed by atoms with van der Waals surface area (Å²) in [7, 11) is -3.74. The van der Waals surface area contributed by atoms with Gasteiger partial charge in [-0.2, -0.15) is 0 Å². The second kappa shape index (κ2) is 9.22. The fourth-order valence-electron chi connectivity index (χ4n) is 2.93. The van der Waals surface area contributed by atoms with Crippen LogP contribution < -0.4 is 14.8 Å². The van der Waals surface area contributed by atoms with E-state index in [0.717, 1.165) is 11.1 Å². The molecular weight excluding hydrogens is 412 g/mol. The van der Waals surface area contributed by atoms with E-state index in [0.29, 0.717) is 22.7 Å². The molecule has 0 aliphatic heterocycles. The Bertz CT molecular complexity index is 1170. The summed E-state index contributed by atoms with van der Waals surface area (Å²) in [6.45, 7) is 7.61. The zero-order valence-corrected chi connectivity index (χ0v) is 18.8. The van der Waals surface area contributed by atoms with Gasteiger partial charge in [-0.1, -0.05) is 12.1 Å². The molecule has 0 saturated carbocycles. The molecule has 3 aromatic carbocycles. The van der Waals surface area contributed by atoms with Crippen molar-refractivity contribution >= 4 is 27.3 Å². The first-order chi connectivity index (χ1) is 14.6. The summed E-state index contributed by atoms with van der Waals surface area (Å²) in [5.74, 6) is 0.401. The molecule has 3 aromatic rings. The Morgan fingerprint density at radius 2 is 1.55 bits per heavy atom. The first-order valence-electron chi connectivity index (χ1n) is 9.92.